The van der Waals surface area contributed by atoms with Crippen molar-refractivity contribution in [2.24, 2.45) is 4.99 Å². The van der Waals surface area contributed by atoms with Gasteiger partial charge in [0.05, 0.1) is 15.7 Å². The normalized spacial score (nSPS) is 15.8. The van der Waals surface area contributed by atoms with Crippen molar-refractivity contribution in [3.63, 3.8) is 0 Å². The molecule has 1 saturated heterocycles. The first-order chi connectivity index (χ1) is 13.4. The number of hydrogen-bond acceptors (Lipinski definition) is 4. The van der Waals surface area contributed by atoms with E-state index in [0.29, 0.717) is 18.0 Å². The molecular weight excluding hydrogens is 411 g/mol. The first kappa shape index (κ1) is 20.7. The van der Waals surface area contributed by atoms with Gasteiger partial charge in [-0.1, -0.05) is 23.7 Å². The molecule has 1 aromatic carbocycles. The molecule has 0 saturated carbocycles. The lowest BCUT2D eigenvalue weighted by Crippen LogP contribution is -2.52. The van der Waals surface area contributed by atoms with Gasteiger partial charge in [0.25, 0.3) is 0 Å². The Bertz CT molecular complexity index is 816. The average Bonchev–Trinajstić information content (AvgIpc) is 3.15. The van der Waals surface area contributed by atoms with Crippen LogP contribution < -0.4 is 10.2 Å². The number of nitrogens with one attached hydrogen (secondary N) is 1. The van der Waals surface area contributed by atoms with E-state index in [0.717, 1.165) is 59.6 Å². The molecule has 0 aliphatic carbocycles. The summed E-state index contributed by atoms with van der Waals surface area (Å²) in [6.07, 6.45) is -3.97. The molecule has 2 aromatic rings. The highest BCUT2D eigenvalue weighted by atomic mass is 35.5. The SMILES string of the molecule is CN=C(NCCc1nc(C(F)(F)F)cs1)N1CCN(c2ccccc2Cl)CC1. The highest BCUT2D eigenvalue weighted by Crippen LogP contribution is 2.30. The monoisotopic (exact) mass is 431 g/mol. The quantitative estimate of drug-likeness (QED) is 0.591. The molecule has 0 amide bonds. The third-order valence-electron chi connectivity index (χ3n) is 4.45. The molecule has 152 valence electrons. The number of benzene rings is 1. The van der Waals surface area contributed by atoms with E-state index in [2.05, 4.69) is 25.1 Å². The zero-order chi connectivity index (χ0) is 20.1. The van der Waals surface area contributed by atoms with Crippen LogP contribution in [0.5, 0.6) is 0 Å². The Hall–Kier alpha value is -2.00. The highest BCUT2D eigenvalue weighted by molar-refractivity contribution is 7.09. The number of piperazine rings is 1. The van der Waals surface area contributed by atoms with E-state index in [9.17, 15) is 13.2 Å². The maximum Gasteiger partial charge on any atom is 0.434 e. The Balaban J connectivity index is 1.49. The van der Waals surface area contributed by atoms with Crippen LogP contribution in [0.1, 0.15) is 10.7 Å². The van der Waals surface area contributed by atoms with E-state index >= 15 is 0 Å². The highest BCUT2D eigenvalue weighted by Gasteiger charge is 2.33. The molecular formula is C18H21ClF3N5S. The van der Waals surface area contributed by atoms with Crippen molar-refractivity contribution in [1.82, 2.24) is 15.2 Å². The molecule has 2 heterocycles. The molecule has 28 heavy (non-hydrogen) atoms. The van der Waals surface area contributed by atoms with E-state index in [1.165, 1.54) is 0 Å². The number of hydrogen-bond donors (Lipinski definition) is 1. The number of aromatic nitrogens is 1. The van der Waals surface area contributed by atoms with Gasteiger partial charge in [-0.15, -0.1) is 11.3 Å². The molecule has 5 nitrogen and oxygen atoms in total. The number of anilines is 1. The second kappa shape index (κ2) is 9.00. The number of aliphatic imine (C=N–C) groups is 1. The summed E-state index contributed by atoms with van der Waals surface area (Å²) in [5, 5.41) is 5.47. The molecule has 1 N–H and O–H groups in total. The fourth-order valence-corrected chi connectivity index (χ4v) is 4.10. The van der Waals surface area contributed by atoms with Gasteiger partial charge >= 0.3 is 6.18 Å². The van der Waals surface area contributed by atoms with Crippen LogP contribution in [0.2, 0.25) is 5.02 Å². The van der Waals surface area contributed by atoms with Gasteiger partial charge in [-0.2, -0.15) is 13.2 Å². The van der Waals surface area contributed by atoms with Crippen molar-refractivity contribution in [2.45, 2.75) is 12.6 Å². The van der Waals surface area contributed by atoms with Gasteiger partial charge in [0.2, 0.25) is 0 Å². The van der Waals surface area contributed by atoms with Crippen LogP contribution >= 0.6 is 22.9 Å². The number of rotatable bonds is 4. The van der Waals surface area contributed by atoms with Crippen molar-refractivity contribution < 1.29 is 13.2 Å². The van der Waals surface area contributed by atoms with Crippen LogP contribution in [0.15, 0.2) is 34.6 Å². The van der Waals surface area contributed by atoms with Crippen LogP contribution in [-0.4, -0.2) is 55.6 Å². The number of nitrogens with zero attached hydrogens (tertiary/aromatic N) is 4. The van der Waals surface area contributed by atoms with Crippen LogP contribution in [-0.2, 0) is 12.6 Å². The standard InChI is InChI=1S/C18H21ClF3N5S/c1-23-17(24-7-6-16-25-15(12-28-16)18(20,21)22)27-10-8-26(9-11-27)14-5-3-2-4-13(14)19/h2-5,12H,6-11H2,1H3,(H,23,24). The zero-order valence-corrected chi connectivity index (χ0v) is 16.9. The Morgan fingerprint density at radius 2 is 1.96 bits per heavy atom. The van der Waals surface area contributed by atoms with E-state index in [1.807, 2.05) is 24.3 Å². The Morgan fingerprint density at radius 1 is 1.25 bits per heavy atom. The average molecular weight is 432 g/mol. The number of para-hydroxylation sites is 1. The molecule has 1 aromatic heterocycles. The lowest BCUT2D eigenvalue weighted by atomic mass is 10.2. The minimum atomic E-state index is -4.39. The smallest absolute Gasteiger partial charge is 0.367 e. The minimum absolute atomic E-state index is 0.416. The Kier molecular flexibility index (Phi) is 6.66. The molecule has 1 aliphatic rings. The second-order valence-electron chi connectivity index (χ2n) is 6.27. The maximum atomic E-state index is 12.6. The Morgan fingerprint density at radius 3 is 2.57 bits per heavy atom. The molecule has 1 aliphatic heterocycles. The van der Waals surface area contributed by atoms with Gasteiger partial charge in [-0.25, -0.2) is 4.98 Å². The Labute approximate surface area is 170 Å². The number of guanidine groups is 1. The topological polar surface area (TPSA) is 43.8 Å². The van der Waals surface area contributed by atoms with Crippen LogP contribution in [0, 0.1) is 0 Å². The molecule has 0 radical (unpaired) electrons. The van der Waals surface area contributed by atoms with Crippen LogP contribution in [0.3, 0.4) is 0 Å². The molecule has 0 unspecified atom stereocenters. The summed E-state index contributed by atoms with van der Waals surface area (Å²) in [6.45, 7) is 3.65. The minimum Gasteiger partial charge on any atom is -0.367 e. The zero-order valence-electron chi connectivity index (χ0n) is 15.3. The first-order valence-electron chi connectivity index (χ1n) is 8.85. The summed E-state index contributed by atoms with van der Waals surface area (Å²) in [7, 11) is 1.70. The summed E-state index contributed by atoms with van der Waals surface area (Å²) >= 11 is 7.30. The van der Waals surface area contributed by atoms with Crippen molar-refractivity contribution in [3.8, 4) is 0 Å². The lowest BCUT2D eigenvalue weighted by Gasteiger charge is -2.38. The fraction of sp³-hybridized carbons (Fsp3) is 0.444. The van der Waals surface area contributed by atoms with Gasteiger partial charge in [-0.05, 0) is 12.1 Å². The van der Waals surface area contributed by atoms with Crippen molar-refractivity contribution >= 4 is 34.6 Å². The van der Waals surface area contributed by atoms with Gasteiger partial charge in [-0.3, -0.25) is 4.99 Å². The molecule has 3 rings (SSSR count). The molecule has 0 atom stereocenters. The number of alkyl halides is 3. The summed E-state index contributed by atoms with van der Waals surface area (Å²) < 4.78 is 37.9. The van der Waals surface area contributed by atoms with Gasteiger partial charge in [0.15, 0.2) is 11.7 Å². The van der Waals surface area contributed by atoms with E-state index in [4.69, 9.17) is 11.6 Å². The van der Waals surface area contributed by atoms with Gasteiger partial charge in [0, 0.05) is 51.6 Å². The van der Waals surface area contributed by atoms with Crippen molar-refractivity contribution in [2.75, 3.05) is 44.7 Å². The predicted molar refractivity (Wildman–Crippen MR) is 107 cm³/mol. The molecule has 0 bridgehead atoms. The third kappa shape index (κ3) is 5.08. The van der Waals surface area contributed by atoms with Crippen LogP contribution in [0.4, 0.5) is 18.9 Å². The third-order valence-corrected chi connectivity index (χ3v) is 5.68. The summed E-state index contributed by atoms with van der Waals surface area (Å²) in [6, 6.07) is 7.77. The fourth-order valence-electron chi connectivity index (χ4n) is 3.04. The number of thiazole rings is 1. The van der Waals surface area contributed by atoms with E-state index in [-0.39, 0.29) is 0 Å². The largest absolute Gasteiger partial charge is 0.434 e. The van der Waals surface area contributed by atoms with Gasteiger partial charge in [0.1, 0.15) is 0 Å². The lowest BCUT2D eigenvalue weighted by molar-refractivity contribution is -0.140. The predicted octanol–water partition coefficient (Wildman–Crippen LogP) is 3.76. The maximum absolute atomic E-state index is 12.6. The van der Waals surface area contributed by atoms with E-state index in [1.54, 1.807) is 7.05 Å². The summed E-state index contributed by atoms with van der Waals surface area (Å²) in [5.74, 6) is 0.742. The first-order valence-corrected chi connectivity index (χ1v) is 10.1. The summed E-state index contributed by atoms with van der Waals surface area (Å²) in [5.41, 5.74) is 0.198. The number of halogens is 4. The molecule has 1 fully saturated rings. The van der Waals surface area contributed by atoms with Crippen LogP contribution in [0.25, 0.3) is 0 Å². The van der Waals surface area contributed by atoms with Crippen molar-refractivity contribution in [3.05, 3.63) is 45.4 Å². The molecule has 10 heteroatoms. The second-order valence-corrected chi connectivity index (χ2v) is 7.62. The van der Waals surface area contributed by atoms with Crippen molar-refractivity contribution in [1.29, 1.82) is 0 Å². The summed E-state index contributed by atoms with van der Waals surface area (Å²) in [4.78, 5) is 12.3. The molecule has 0 spiro atoms. The van der Waals surface area contributed by atoms with Gasteiger partial charge < -0.3 is 15.1 Å². The van der Waals surface area contributed by atoms with E-state index < -0.39 is 11.9 Å².